The van der Waals surface area contributed by atoms with Gasteiger partial charge in [-0.25, -0.2) is 14.9 Å². The average molecular weight is 430 g/mol. The number of carbonyl (C=O) groups is 1. The lowest BCUT2D eigenvalue weighted by atomic mass is 10.2. The molecule has 7 nitrogen and oxygen atoms in total. The fraction of sp³-hybridized carbons (Fsp3) is 0.278. The summed E-state index contributed by atoms with van der Waals surface area (Å²) in [5.41, 5.74) is 3.12. The number of hydroxylamine groups is 1. The summed E-state index contributed by atoms with van der Waals surface area (Å²) in [4.78, 5) is 21.7. The standard InChI is InChI=1S/C18H20FN5O2.2ClH/c19-14-3-1-13(2-4-14)11-24-8-7-16(12-24)22-17-10-20-15(9-21-17)5-6-18(25)23-26;;/h1-6,9-10,16,26H,7-8,11-12H2,(H,21,22)(H,23,25);2*1H/t16-;;/m1../s1. The van der Waals surface area contributed by atoms with Crippen LogP contribution in [0.15, 0.2) is 42.7 Å². The number of halogens is 3. The monoisotopic (exact) mass is 429 g/mol. The van der Waals surface area contributed by atoms with Crippen molar-refractivity contribution in [2.45, 2.75) is 19.0 Å². The number of hydrogen-bond acceptors (Lipinski definition) is 6. The fourth-order valence-electron chi connectivity index (χ4n) is 2.85. The van der Waals surface area contributed by atoms with Gasteiger partial charge in [0.2, 0.25) is 0 Å². The highest BCUT2D eigenvalue weighted by Gasteiger charge is 2.22. The van der Waals surface area contributed by atoms with Crippen molar-refractivity contribution < 1.29 is 14.4 Å². The summed E-state index contributed by atoms with van der Waals surface area (Å²) >= 11 is 0. The van der Waals surface area contributed by atoms with Crippen LogP contribution in [0.2, 0.25) is 0 Å². The molecule has 1 amide bonds. The summed E-state index contributed by atoms with van der Waals surface area (Å²) in [6.07, 6.45) is 6.78. The first kappa shape index (κ1) is 23.8. The molecule has 1 fully saturated rings. The number of aromatic nitrogens is 2. The van der Waals surface area contributed by atoms with E-state index in [0.29, 0.717) is 11.5 Å². The Balaban J connectivity index is 0.00000196. The van der Waals surface area contributed by atoms with Crippen molar-refractivity contribution in [1.29, 1.82) is 0 Å². The van der Waals surface area contributed by atoms with Crippen molar-refractivity contribution in [1.82, 2.24) is 20.3 Å². The van der Waals surface area contributed by atoms with E-state index in [2.05, 4.69) is 20.2 Å². The highest BCUT2D eigenvalue weighted by molar-refractivity contribution is 5.90. The van der Waals surface area contributed by atoms with E-state index in [1.807, 2.05) is 12.1 Å². The number of hydrogen-bond donors (Lipinski definition) is 3. The Bertz CT molecular complexity index is 775. The number of benzene rings is 1. The molecule has 1 saturated heterocycles. The van der Waals surface area contributed by atoms with Gasteiger partial charge < -0.3 is 5.32 Å². The van der Waals surface area contributed by atoms with Gasteiger partial charge in [0.15, 0.2) is 0 Å². The molecule has 1 aliphatic heterocycles. The van der Waals surface area contributed by atoms with Crippen LogP contribution in [0.4, 0.5) is 10.2 Å². The zero-order valence-electron chi connectivity index (χ0n) is 14.9. The van der Waals surface area contributed by atoms with E-state index in [4.69, 9.17) is 5.21 Å². The SMILES string of the molecule is Cl.Cl.O=C(C=Cc1cnc(N[C@@H]2CCN(Cc3ccc(F)cc3)C2)cn1)NO. The molecule has 0 aliphatic carbocycles. The zero-order chi connectivity index (χ0) is 18.4. The quantitative estimate of drug-likeness (QED) is 0.371. The Morgan fingerprint density at radius 3 is 2.64 bits per heavy atom. The third kappa shape index (κ3) is 7.05. The van der Waals surface area contributed by atoms with Gasteiger partial charge in [0, 0.05) is 31.8 Å². The molecule has 1 aliphatic rings. The molecule has 2 heterocycles. The third-order valence-electron chi connectivity index (χ3n) is 4.13. The Labute approximate surface area is 174 Å². The molecular formula is C18H22Cl2FN5O2. The van der Waals surface area contributed by atoms with Crippen LogP contribution in [0.1, 0.15) is 17.7 Å². The number of nitrogens with zero attached hydrogens (tertiary/aromatic N) is 3. The highest BCUT2D eigenvalue weighted by Crippen LogP contribution is 2.17. The summed E-state index contributed by atoms with van der Waals surface area (Å²) in [6, 6.07) is 6.86. The van der Waals surface area contributed by atoms with Gasteiger partial charge in [-0.05, 0) is 30.2 Å². The van der Waals surface area contributed by atoms with Crippen LogP contribution < -0.4 is 10.8 Å². The first-order valence-electron chi connectivity index (χ1n) is 8.30. The molecule has 0 spiro atoms. The van der Waals surface area contributed by atoms with Crippen LogP contribution >= 0.6 is 24.8 Å². The van der Waals surface area contributed by atoms with Crippen LogP contribution in [-0.4, -0.2) is 45.1 Å². The molecule has 0 saturated carbocycles. The normalized spacial score (nSPS) is 16.3. The first-order valence-corrected chi connectivity index (χ1v) is 8.30. The van der Waals surface area contributed by atoms with Gasteiger partial charge in [-0.1, -0.05) is 12.1 Å². The van der Waals surface area contributed by atoms with E-state index in [1.54, 1.807) is 12.4 Å². The van der Waals surface area contributed by atoms with E-state index >= 15 is 0 Å². The summed E-state index contributed by atoms with van der Waals surface area (Å²) in [7, 11) is 0. The molecule has 2 aromatic rings. The number of anilines is 1. The van der Waals surface area contributed by atoms with Crippen LogP contribution in [0.5, 0.6) is 0 Å². The zero-order valence-corrected chi connectivity index (χ0v) is 16.5. The number of likely N-dealkylation sites (tertiary alicyclic amines) is 1. The van der Waals surface area contributed by atoms with E-state index in [9.17, 15) is 9.18 Å². The molecule has 28 heavy (non-hydrogen) atoms. The Morgan fingerprint density at radius 1 is 1.25 bits per heavy atom. The second kappa shape index (κ2) is 11.6. The number of carbonyl (C=O) groups excluding carboxylic acids is 1. The van der Waals surface area contributed by atoms with Gasteiger partial charge in [-0.15, -0.1) is 24.8 Å². The molecule has 0 radical (unpaired) electrons. The summed E-state index contributed by atoms with van der Waals surface area (Å²) in [5.74, 6) is -0.174. The first-order chi connectivity index (χ1) is 12.6. The van der Waals surface area contributed by atoms with Gasteiger partial charge in [-0.2, -0.15) is 0 Å². The topological polar surface area (TPSA) is 90.4 Å². The van der Waals surface area contributed by atoms with Crippen molar-refractivity contribution >= 4 is 42.6 Å². The second-order valence-electron chi connectivity index (χ2n) is 6.13. The minimum Gasteiger partial charge on any atom is -0.365 e. The molecule has 0 unspecified atom stereocenters. The molecule has 3 N–H and O–H groups in total. The molecule has 10 heteroatoms. The predicted octanol–water partition coefficient (Wildman–Crippen LogP) is 2.66. The van der Waals surface area contributed by atoms with Crippen molar-refractivity contribution in [2.75, 3.05) is 18.4 Å². The molecule has 0 bridgehead atoms. The predicted molar refractivity (Wildman–Crippen MR) is 109 cm³/mol. The van der Waals surface area contributed by atoms with Crippen molar-refractivity contribution in [2.24, 2.45) is 0 Å². The number of rotatable bonds is 6. The molecule has 1 aromatic carbocycles. The molecule has 152 valence electrons. The van der Waals surface area contributed by atoms with Crippen molar-refractivity contribution in [3.8, 4) is 0 Å². The Kier molecular flexibility index (Phi) is 9.81. The highest BCUT2D eigenvalue weighted by atomic mass is 35.5. The summed E-state index contributed by atoms with van der Waals surface area (Å²) < 4.78 is 13.0. The van der Waals surface area contributed by atoms with Gasteiger partial charge in [0.05, 0.1) is 18.1 Å². The van der Waals surface area contributed by atoms with E-state index < -0.39 is 5.91 Å². The lowest BCUT2D eigenvalue weighted by Gasteiger charge is -2.17. The van der Waals surface area contributed by atoms with Gasteiger partial charge in [-0.3, -0.25) is 19.9 Å². The van der Waals surface area contributed by atoms with Crippen molar-refractivity contribution in [3.63, 3.8) is 0 Å². The minimum atomic E-state index is -0.624. The van der Waals surface area contributed by atoms with Gasteiger partial charge >= 0.3 is 0 Å². The van der Waals surface area contributed by atoms with Gasteiger partial charge in [0.1, 0.15) is 11.6 Å². The van der Waals surface area contributed by atoms with Crippen LogP contribution in [-0.2, 0) is 11.3 Å². The minimum absolute atomic E-state index is 0. The molecule has 1 aromatic heterocycles. The summed E-state index contributed by atoms with van der Waals surface area (Å²) in [6.45, 7) is 2.62. The van der Waals surface area contributed by atoms with E-state index in [0.717, 1.165) is 31.6 Å². The Morgan fingerprint density at radius 2 is 2.00 bits per heavy atom. The molecule has 3 rings (SSSR count). The van der Waals surface area contributed by atoms with Crippen LogP contribution in [0.25, 0.3) is 6.08 Å². The molecular weight excluding hydrogens is 408 g/mol. The maximum absolute atomic E-state index is 13.0. The van der Waals surface area contributed by atoms with E-state index in [1.165, 1.54) is 29.8 Å². The fourth-order valence-corrected chi connectivity index (χ4v) is 2.85. The van der Waals surface area contributed by atoms with E-state index in [-0.39, 0.29) is 36.7 Å². The Hall–Kier alpha value is -2.26. The lowest BCUT2D eigenvalue weighted by Crippen LogP contribution is -2.26. The number of amides is 1. The lowest BCUT2D eigenvalue weighted by molar-refractivity contribution is -0.124. The number of nitrogens with one attached hydrogen (secondary N) is 2. The maximum atomic E-state index is 13.0. The largest absolute Gasteiger partial charge is 0.365 e. The second-order valence-corrected chi connectivity index (χ2v) is 6.13. The van der Waals surface area contributed by atoms with Gasteiger partial charge in [0.25, 0.3) is 5.91 Å². The average Bonchev–Trinajstić information content (AvgIpc) is 3.09. The van der Waals surface area contributed by atoms with Crippen LogP contribution in [0.3, 0.4) is 0 Å². The van der Waals surface area contributed by atoms with Crippen molar-refractivity contribution in [3.05, 3.63) is 59.8 Å². The molecule has 1 atom stereocenters. The maximum Gasteiger partial charge on any atom is 0.267 e. The smallest absolute Gasteiger partial charge is 0.267 e. The summed E-state index contributed by atoms with van der Waals surface area (Å²) in [5, 5.41) is 11.8. The third-order valence-corrected chi connectivity index (χ3v) is 4.13. The van der Waals surface area contributed by atoms with Crippen LogP contribution in [0, 0.1) is 5.82 Å².